The van der Waals surface area contributed by atoms with Crippen LogP contribution in [-0.4, -0.2) is 29.4 Å². The Morgan fingerprint density at radius 2 is 2.42 bits per heavy atom. The fourth-order valence-corrected chi connectivity index (χ4v) is 2.50. The second-order valence-electron chi connectivity index (χ2n) is 4.47. The molecule has 1 unspecified atom stereocenters. The van der Waals surface area contributed by atoms with Crippen molar-refractivity contribution < 1.29 is 9.59 Å². The molecule has 0 aromatic carbocycles. The first-order chi connectivity index (χ1) is 9.15. The van der Waals surface area contributed by atoms with Gasteiger partial charge in [0.1, 0.15) is 6.04 Å². The summed E-state index contributed by atoms with van der Waals surface area (Å²) in [5.41, 5.74) is 0.767. The third kappa shape index (κ3) is 4.17. The number of aryl methyl sites for hydroxylation is 1. The molecule has 0 saturated carbocycles. The molecule has 6 heteroatoms. The van der Waals surface area contributed by atoms with Gasteiger partial charge in [-0.3, -0.25) is 9.59 Å². The van der Waals surface area contributed by atoms with Crippen LogP contribution in [0.1, 0.15) is 30.0 Å². The van der Waals surface area contributed by atoms with E-state index in [4.69, 9.17) is 0 Å². The van der Waals surface area contributed by atoms with Crippen LogP contribution in [-0.2, 0) is 9.59 Å². The van der Waals surface area contributed by atoms with E-state index >= 15 is 0 Å². The van der Waals surface area contributed by atoms with Crippen molar-refractivity contribution in [2.24, 2.45) is 0 Å². The number of carbonyl (C=O) groups excluding carboxylic acids is 2. The molecule has 19 heavy (non-hydrogen) atoms. The van der Waals surface area contributed by atoms with Crippen molar-refractivity contribution in [3.8, 4) is 0 Å². The van der Waals surface area contributed by atoms with Crippen LogP contribution in [0.15, 0.2) is 11.5 Å². The lowest BCUT2D eigenvalue weighted by Crippen LogP contribution is -2.44. The Morgan fingerprint density at radius 1 is 1.58 bits per heavy atom. The summed E-state index contributed by atoms with van der Waals surface area (Å²) in [6.45, 7) is 2.61. The number of carbonyl (C=O) groups is 2. The Bertz CT molecular complexity index is 496. The number of rotatable bonds is 3. The van der Waals surface area contributed by atoms with Crippen LogP contribution in [0.5, 0.6) is 0 Å². The number of aromatic nitrogens is 1. The lowest BCUT2D eigenvalue weighted by molar-refractivity contribution is -0.126. The van der Waals surface area contributed by atoms with E-state index in [2.05, 4.69) is 15.6 Å². The van der Waals surface area contributed by atoms with Gasteiger partial charge in [0.15, 0.2) is 0 Å². The predicted molar refractivity (Wildman–Crippen MR) is 74.7 cm³/mol. The van der Waals surface area contributed by atoms with E-state index in [1.807, 2.05) is 12.3 Å². The van der Waals surface area contributed by atoms with E-state index in [0.29, 0.717) is 13.0 Å². The second kappa shape index (κ2) is 6.47. The van der Waals surface area contributed by atoms with Crippen molar-refractivity contribution in [3.63, 3.8) is 0 Å². The largest absolute Gasteiger partial charge is 0.354 e. The van der Waals surface area contributed by atoms with Gasteiger partial charge in [0.25, 0.3) is 0 Å². The fraction of sp³-hybridized carbons (Fsp3) is 0.462. The third-order valence-corrected chi connectivity index (χ3v) is 3.69. The van der Waals surface area contributed by atoms with Crippen LogP contribution in [0, 0.1) is 6.92 Å². The molecule has 1 aliphatic heterocycles. The molecule has 1 fully saturated rings. The van der Waals surface area contributed by atoms with Crippen molar-refractivity contribution in [2.75, 3.05) is 6.54 Å². The summed E-state index contributed by atoms with van der Waals surface area (Å²) in [4.78, 5) is 27.6. The van der Waals surface area contributed by atoms with E-state index < -0.39 is 6.04 Å². The minimum Gasteiger partial charge on any atom is -0.354 e. The first-order valence-electron chi connectivity index (χ1n) is 6.33. The van der Waals surface area contributed by atoms with Gasteiger partial charge in [-0.1, -0.05) is 0 Å². The Hall–Kier alpha value is -1.69. The maximum Gasteiger partial charge on any atom is 0.244 e. The molecule has 1 atom stereocenters. The van der Waals surface area contributed by atoms with Crippen LogP contribution >= 0.6 is 11.3 Å². The molecule has 0 radical (unpaired) electrons. The number of hydrogen-bond acceptors (Lipinski definition) is 4. The van der Waals surface area contributed by atoms with Gasteiger partial charge in [-0.05, 0) is 32.3 Å². The molecule has 0 aliphatic carbocycles. The van der Waals surface area contributed by atoms with Crippen LogP contribution < -0.4 is 10.6 Å². The summed E-state index contributed by atoms with van der Waals surface area (Å²) in [6, 6.07) is -0.420. The summed E-state index contributed by atoms with van der Waals surface area (Å²) in [6.07, 6.45) is 5.69. The molecule has 0 spiro atoms. The van der Waals surface area contributed by atoms with Crippen molar-refractivity contribution in [1.82, 2.24) is 15.6 Å². The summed E-state index contributed by atoms with van der Waals surface area (Å²) in [5, 5.41) is 8.36. The normalized spacial score (nSPS) is 20.1. The van der Waals surface area contributed by atoms with Crippen LogP contribution in [0.25, 0.3) is 6.08 Å². The minimum atomic E-state index is -0.420. The maximum atomic E-state index is 11.7. The van der Waals surface area contributed by atoms with E-state index in [0.717, 1.165) is 23.5 Å². The molecular formula is C13H17N3O2S. The van der Waals surface area contributed by atoms with Gasteiger partial charge in [-0.25, -0.2) is 4.98 Å². The van der Waals surface area contributed by atoms with Gasteiger partial charge < -0.3 is 10.6 Å². The van der Waals surface area contributed by atoms with Crippen LogP contribution in [0.3, 0.4) is 0 Å². The van der Waals surface area contributed by atoms with E-state index in [1.165, 1.54) is 17.4 Å². The molecule has 2 heterocycles. The highest BCUT2D eigenvalue weighted by molar-refractivity contribution is 7.09. The molecular weight excluding hydrogens is 262 g/mol. The van der Waals surface area contributed by atoms with Crippen molar-refractivity contribution in [1.29, 1.82) is 0 Å². The average molecular weight is 279 g/mol. The van der Waals surface area contributed by atoms with Gasteiger partial charge >= 0.3 is 0 Å². The highest BCUT2D eigenvalue weighted by Crippen LogP contribution is 2.09. The predicted octanol–water partition coefficient (Wildman–Crippen LogP) is 1.25. The monoisotopic (exact) mass is 279 g/mol. The summed E-state index contributed by atoms with van der Waals surface area (Å²) in [7, 11) is 0. The molecule has 2 rings (SSSR count). The van der Waals surface area contributed by atoms with Gasteiger partial charge in [0.05, 0.1) is 10.7 Å². The van der Waals surface area contributed by atoms with Crippen LogP contribution in [0.2, 0.25) is 0 Å². The molecule has 0 bridgehead atoms. The van der Waals surface area contributed by atoms with Crippen molar-refractivity contribution in [3.05, 3.63) is 22.2 Å². The van der Waals surface area contributed by atoms with Crippen LogP contribution in [0.4, 0.5) is 0 Å². The highest BCUT2D eigenvalue weighted by Gasteiger charge is 2.21. The zero-order valence-electron chi connectivity index (χ0n) is 10.8. The quantitative estimate of drug-likeness (QED) is 0.818. The lowest BCUT2D eigenvalue weighted by Gasteiger charge is -2.13. The van der Waals surface area contributed by atoms with E-state index in [-0.39, 0.29) is 11.8 Å². The molecule has 1 aliphatic rings. The zero-order valence-corrected chi connectivity index (χ0v) is 11.6. The molecule has 1 aromatic rings. The standard InChI is InChI=1S/C13H17N3O2S/c1-9-15-10(8-19-9)5-6-12(17)16-11-4-2-3-7-14-13(11)18/h5-6,8,11H,2-4,7H2,1H3,(H,14,18)(H,16,17)/b6-5+. The lowest BCUT2D eigenvalue weighted by atomic mass is 10.1. The molecule has 102 valence electrons. The molecule has 1 saturated heterocycles. The number of hydrogen-bond donors (Lipinski definition) is 2. The molecule has 2 N–H and O–H groups in total. The summed E-state index contributed by atoms with van der Waals surface area (Å²) in [5.74, 6) is -0.351. The topological polar surface area (TPSA) is 71.1 Å². The molecule has 5 nitrogen and oxygen atoms in total. The maximum absolute atomic E-state index is 11.7. The van der Waals surface area contributed by atoms with Gasteiger partial charge in [-0.15, -0.1) is 11.3 Å². The molecule has 2 amide bonds. The first-order valence-corrected chi connectivity index (χ1v) is 7.21. The van der Waals surface area contributed by atoms with Crippen molar-refractivity contribution >= 4 is 29.2 Å². The van der Waals surface area contributed by atoms with Gasteiger partial charge in [0, 0.05) is 18.0 Å². The number of nitrogens with zero attached hydrogens (tertiary/aromatic N) is 1. The average Bonchev–Trinajstić information content (AvgIpc) is 2.69. The smallest absolute Gasteiger partial charge is 0.244 e. The highest BCUT2D eigenvalue weighted by atomic mass is 32.1. The Morgan fingerprint density at radius 3 is 3.16 bits per heavy atom. The Balaban J connectivity index is 1.89. The number of thiazole rings is 1. The summed E-state index contributed by atoms with van der Waals surface area (Å²) < 4.78 is 0. The summed E-state index contributed by atoms with van der Waals surface area (Å²) >= 11 is 1.54. The van der Waals surface area contributed by atoms with Gasteiger partial charge in [-0.2, -0.15) is 0 Å². The van der Waals surface area contributed by atoms with Crippen molar-refractivity contribution in [2.45, 2.75) is 32.2 Å². The first kappa shape index (κ1) is 13.7. The Labute approximate surface area is 116 Å². The number of amides is 2. The second-order valence-corrected chi connectivity index (χ2v) is 5.53. The van der Waals surface area contributed by atoms with E-state index in [9.17, 15) is 9.59 Å². The van der Waals surface area contributed by atoms with E-state index in [1.54, 1.807) is 6.08 Å². The Kier molecular flexibility index (Phi) is 4.68. The SMILES string of the molecule is Cc1nc(/C=C/C(=O)NC2CCCCNC2=O)cs1. The minimum absolute atomic E-state index is 0.0937. The van der Waals surface area contributed by atoms with Gasteiger partial charge in [0.2, 0.25) is 11.8 Å². The number of nitrogens with one attached hydrogen (secondary N) is 2. The fourth-order valence-electron chi connectivity index (χ4n) is 1.91. The molecule has 1 aromatic heterocycles. The third-order valence-electron chi connectivity index (χ3n) is 2.89. The zero-order chi connectivity index (χ0) is 13.7.